The Kier molecular flexibility index (Phi) is 1.50. The highest BCUT2D eigenvalue weighted by molar-refractivity contribution is 5.09. The predicted octanol–water partition coefficient (Wildman–Crippen LogP) is 2.19. The Morgan fingerprint density at radius 2 is 2.20 bits per heavy atom. The highest BCUT2D eigenvalue weighted by atomic mass is 19.1. The minimum atomic E-state index is -1.42. The maximum Gasteiger partial charge on any atom is 0.173 e. The summed E-state index contributed by atoms with van der Waals surface area (Å²) in [4.78, 5) is 0. The van der Waals surface area contributed by atoms with Crippen molar-refractivity contribution in [3.63, 3.8) is 0 Å². The van der Waals surface area contributed by atoms with Gasteiger partial charge in [0.05, 0.1) is 5.69 Å². The van der Waals surface area contributed by atoms with E-state index >= 15 is 0 Å². The smallest absolute Gasteiger partial charge is 0.173 e. The quantitative estimate of drug-likeness (QED) is 0.602. The summed E-state index contributed by atoms with van der Waals surface area (Å²) in [6, 6.07) is 1.60. The molecule has 0 atom stereocenters. The van der Waals surface area contributed by atoms with Crippen LogP contribution in [-0.4, -0.2) is 5.16 Å². The van der Waals surface area contributed by atoms with Gasteiger partial charge in [0.15, 0.2) is 11.4 Å². The van der Waals surface area contributed by atoms with Crippen LogP contribution >= 0.6 is 0 Å². The third-order valence-electron chi connectivity index (χ3n) is 1.21. The van der Waals surface area contributed by atoms with Gasteiger partial charge in [-0.15, -0.1) is 0 Å². The standard InChI is InChI=1S/C7H10FNO/c1-5-4-6(10-9-5)7(2,3)8/h4H,1-3H3. The molecule has 0 N–H and O–H groups in total. The Morgan fingerprint density at radius 3 is 2.40 bits per heavy atom. The largest absolute Gasteiger partial charge is 0.358 e. The summed E-state index contributed by atoms with van der Waals surface area (Å²) in [6.07, 6.45) is 0. The molecule has 1 heterocycles. The molecule has 1 aromatic heterocycles. The van der Waals surface area contributed by atoms with Gasteiger partial charge in [-0.2, -0.15) is 0 Å². The van der Waals surface area contributed by atoms with Crippen LogP contribution in [0.2, 0.25) is 0 Å². The van der Waals surface area contributed by atoms with Crippen molar-refractivity contribution in [2.75, 3.05) is 0 Å². The van der Waals surface area contributed by atoms with Gasteiger partial charge in [-0.1, -0.05) is 5.16 Å². The topological polar surface area (TPSA) is 26.0 Å². The number of alkyl halides is 1. The molecule has 0 amide bonds. The predicted molar refractivity (Wildman–Crippen MR) is 35.4 cm³/mol. The molecule has 0 radical (unpaired) electrons. The molecular weight excluding hydrogens is 133 g/mol. The number of aromatic nitrogens is 1. The molecule has 0 bridgehead atoms. The molecule has 0 aliphatic heterocycles. The van der Waals surface area contributed by atoms with Crippen LogP contribution < -0.4 is 0 Å². The summed E-state index contributed by atoms with van der Waals surface area (Å²) in [5.41, 5.74) is -0.706. The molecule has 1 rings (SSSR count). The minimum Gasteiger partial charge on any atom is -0.358 e. The Balaban J connectivity index is 2.96. The summed E-state index contributed by atoms with van der Waals surface area (Å²) in [7, 11) is 0. The van der Waals surface area contributed by atoms with E-state index < -0.39 is 5.67 Å². The van der Waals surface area contributed by atoms with Gasteiger partial charge in [0.2, 0.25) is 0 Å². The van der Waals surface area contributed by atoms with Crippen molar-refractivity contribution in [1.29, 1.82) is 0 Å². The third-order valence-corrected chi connectivity index (χ3v) is 1.21. The average molecular weight is 143 g/mol. The molecule has 10 heavy (non-hydrogen) atoms. The first kappa shape index (κ1) is 7.25. The van der Waals surface area contributed by atoms with Crippen LogP contribution in [0.25, 0.3) is 0 Å². The van der Waals surface area contributed by atoms with Crippen molar-refractivity contribution < 1.29 is 8.91 Å². The van der Waals surface area contributed by atoms with Crippen LogP contribution in [-0.2, 0) is 5.67 Å². The van der Waals surface area contributed by atoms with Gasteiger partial charge >= 0.3 is 0 Å². The second-order valence-electron chi connectivity index (χ2n) is 2.80. The third kappa shape index (κ3) is 1.35. The SMILES string of the molecule is Cc1cc(C(C)(C)F)on1. The molecule has 0 spiro atoms. The maximum absolute atomic E-state index is 13.0. The van der Waals surface area contributed by atoms with Gasteiger partial charge in [0.1, 0.15) is 0 Å². The molecule has 0 aromatic carbocycles. The highest BCUT2D eigenvalue weighted by Crippen LogP contribution is 2.24. The van der Waals surface area contributed by atoms with E-state index in [-0.39, 0.29) is 5.76 Å². The van der Waals surface area contributed by atoms with Gasteiger partial charge in [0.25, 0.3) is 0 Å². The van der Waals surface area contributed by atoms with Crippen LogP contribution in [0, 0.1) is 6.92 Å². The molecule has 56 valence electrons. The zero-order valence-electron chi connectivity index (χ0n) is 6.31. The molecule has 1 aromatic rings. The van der Waals surface area contributed by atoms with Crippen molar-refractivity contribution in [3.05, 3.63) is 17.5 Å². The number of nitrogens with zero attached hydrogens (tertiary/aromatic N) is 1. The zero-order valence-corrected chi connectivity index (χ0v) is 6.31. The van der Waals surface area contributed by atoms with Gasteiger partial charge in [0, 0.05) is 6.07 Å². The molecule has 0 saturated carbocycles. The van der Waals surface area contributed by atoms with Crippen LogP contribution in [0.3, 0.4) is 0 Å². The maximum atomic E-state index is 13.0. The lowest BCUT2D eigenvalue weighted by molar-refractivity contribution is 0.163. The van der Waals surface area contributed by atoms with Gasteiger partial charge < -0.3 is 4.52 Å². The molecule has 0 saturated heterocycles. The van der Waals surface area contributed by atoms with E-state index in [4.69, 9.17) is 4.52 Å². The summed E-state index contributed by atoms with van der Waals surface area (Å²) in [6.45, 7) is 4.64. The molecule has 0 aliphatic rings. The first-order chi connectivity index (χ1) is 4.50. The molecule has 0 fully saturated rings. The Bertz CT molecular complexity index is 224. The number of hydrogen-bond acceptors (Lipinski definition) is 2. The minimum absolute atomic E-state index is 0.282. The van der Waals surface area contributed by atoms with Crippen molar-refractivity contribution in [1.82, 2.24) is 5.16 Å². The summed E-state index contributed by atoms with van der Waals surface area (Å²) in [5.74, 6) is 0.282. The van der Waals surface area contributed by atoms with Crippen molar-refractivity contribution in [2.45, 2.75) is 26.4 Å². The molecule has 0 aliphatic carbocycles. The van der Waals surface area contributed by atoms with E-state index in [1.807, 2.05) is 0 Å². The fraction of sp³-hybridized carbons (Fsp3) is 0.571. The number of halogens is 1. The molecule has 3 heteroatoms. The lowest BCUT2D eigenvalue weighted by Crippen LogP contribution is -2.06. The molecule has 2 nitrogen and oxygen atoms in total. The van der Waals surface area contributed by atoms with E-state index in [9.17, 15) is 4.39 Å². The summed E-state index contributed by atoms with van der Waals surface area (Å²) in [5, 5.41) is 3.57. The van der Waals surface area contributed by atoms with Crippen molar-refractivity contribution in [2.24, 2.45) is 0 Å². The van der Waals surface area contributed by atoms with E-state index in [2.05, 4.69) is 5.16 Å². The Labute approximate surface area is 59.0 Å². The van der Waals surface area contributed by atoms with Crippen LogP contribution in [0.4, 0.5) is 4.39 Å². The van der Waals surface area contributed by atoms with Gasteiger partial charge in [-0.05, 0) is 20.8 Å². The fourth-order valence-electron chi connectivity index (χ4n) is 0.644. The zero-order chi connectivity index (χ0) is 7.78. The second-order valence-corrected chi connectivity index (χ2v) is 2.80. The lowest BCUT2D eigenvalue weighted by atomic mass is 10.1. The number of hydrogen-bond donors (Lipinski definition) is 0. The van der Waals surface area contributed by atoms with E-state index in [0.29, 0.717) is 5.69 Å². The van der Waals surface area contributed by atoms with Crippen LogP contribution in [0.15, 0.2) is 10.6 Å². The van der Waals surface area contributed by atoms with Gasteiger partial charge in [-0.3, -0.25) is 0 Å². The first-order valence-electron chi connectivity index (χ1n) is 3.13. The van der Waals surface area contributed by atoms with Crippen molar-refractivity contribution >= 4 is 0 Å². The van der Waals surface area contributed by atoms with E-state index in [1.165, 1.54) is 13.8 Å². The monoisotopic (exact) mass is 143 g/mol. The normalized spacial score (nSPS) is 12.0. The van der Waals surface area contributed by atoms with E-state index in [0.717, 1.165) is 0 Å². The summed E-state index contributed by atoms with van der Waals surface area (Å²) >= 11 is 0. The first-order valence-corrected chi connectivity index (χ1v) is 3.13. The van der Waals surface area contributed by atoms with Gasteiger partial charge in [-0.25, -0.2) is 4.39 Å². The number of rotatable bonds is 1. The highest BCUT2D eigenvalue weighted by Gasteiger charge is 2.23. The van der Waals surface area contributed by atoms with E-state index in [1.54, 1.807) is 13.0 Å². The van der Waals surface area contributed by atoms with Crippen LogP contribution in [0.5, 0.6) is 0 Å². The average Bonchev–Trinajstić information content (AvgIpc) is 2.11. The number of aryl methyl sites for hydroxylation is 1. The molecule has 0 unspecified atom stereocenters. The van der Waals surface area contributed by atoms with Crippen LogP contribution in [0.1, 0.15) is 25.3 Å². The Morgan fingerprint density at radius 1 is 1.60 bits per heavy atom. The van der Waals surface area contributed by atoms with Crippen molar-refractivity contribution in [3.8, 4) is 0 Å². The Hall–Kier alpha value is -0.860. The fourth-order valence-corrected chi connectivity index (χ4v) is 0.644. The lowest BCUT2D eigenvalue weighted by Gasteiger charge is -2.07. The second kappa shape index (κ2) is 2.08. The summed E-state index contributed by atoms with van der Waals surface area (Å²) < 4.78 is 17.7. The molecular formula is C7H10FNO.